The summed E-state index contributed by atoms with van der Waals surface area (Å²) in [4.78, 5) is 31.8. The van der Waals surface area contributed by atoms with Crippen LogP contribution in [0.3, 0.4) is 0 Å². The van der Waals surface area contributed by atoms with Crippen molar-refractivity contribution in [2.75, 3.05) is 5.32 Å². The molecule has 0 amide bonds. The molecule has 0 unspecified atom stereocenters. The molecule has 1 aliphatic heterocycles. The SMILES string of the molecule is O=C(O)C1=C(Nc2ccccc2)SC(=Cc2c[nH]c3ncccc23)C1=O. The monoisotopic (exact) mass is 363 g/mol. The first-order valence-corrected chi connectivity index (χ1v) is 8.61. The molecule has 0 saturated heterocycles. The maximum atomic E-state index is 12.6. The number of para-hydroxylation sites is 1. The lowest BCUT2D eigenvalue weighted by Crippen LogP contribution is -2.11. The van der Waals surface area contributed by atoms with Gasteiger partial charge in [-0.25, -0.2) is 9.78 Å². The van der Waals surface area contributed by atoms with Gasteiger partial charge in [-0.1, -0.05) is 30.0 Å². The molecule has 0 atom stereocenters. The minimum Gasteiger partial charge on any atom is -0.477 e. The summed E-state index contributed by atoms with van der Waals surface area (Å²) >= 11 is 1.12. The quantitative estimate of drug-likeness (QED) is 0.484. The summed E-state index contributed by atoms with van der Waals surface area (Å²) in [5.74, 6) is -1.75. The number of carboxylic acids is 1. The smallest absolute Gasteiger partial charge is 0.342 e. The Labute approximate surface area is 152 Å². The molecule has 6 nitrogen and oxygen atoms in total. The second kappa shape index (κ2) is 6.53. The first-order valence-electron chi connectivity index (χ1n) is 7.79. The molecule has 0 fully saturated rings. The Kier molecular flexibility index (Phi) is 4.06. The number of Topliss-reactive ketones (excluding diaryl/α,β-unsaturated/α-hetero) is 1. The number of thioether (sulfide) groups is 1. The second-order valence-corrected chi connectivity index (χ2v) is 6.64. The Morgan fingerprint density at radius 3 is 2.77 bits per heavy atom. The van der Waals surface area contributed by atoms with Gasteiger partial charge < -0.3 is 15.4 Å². The predicted octanol–water partition coefficient (Wildman–Crippen LogP) is 3.63. The van der Waals surface area contributed by atoms with Crippen molar-refractivity contribution >= 4 is 46.3 Å². The van der Waals surface area contributed by atoms with Crippen molar-refractivity contribution in [3.8, 4) is 0 Å². The molecular weight excluding hydrogens is 350 g/mol. The van der Waals surface area contributed by atoms with Gasteiger partial charge in [-0.15, -0.1) is 0 Å². The molecule has 2 aromatic heterocycles. The molecule has 0 bridgehead atoms. The molecule has 1 aliphatic rings. The minimum absolute atomic E-state index is 0.247. The summed E-state index contributed by atoms with van der Waals surface area (Å²) in [5, 5.41) is 13.7. The van der Waals surface area contributed by atoms with Gasteiger partial charge in [0.05, 0.1) is 9.93 Å². The van der Waals surface area contributed by atoms with E-state index in [1.807, 2.05) is 42.5 Å². The fraction of sp³-hybridized carbons (Fsp3) is 0. The van der Waals surface area contributed by atoms with Gasteiger partial charge >= 0.3 is 5.97 Å². The van der Waals surface area contributed by atoms with Crippen molar-refractivity contribution in [1.82, 2.24) is 9.97 Å². The van der Waals surface area contributed by atoms with Crippen LogP contribution >= 0.6 is 11.8 Å². The zero-order valence-corrected chi connectivity index (χ0v) is 14.2. The number of hydrogen-bond donors (Lipinski definition) is 3. The van der Waals surface area contributed by atoms with E-state index in [9.17, 15) is 14.7 Å². The lowest BCUT2D eigenvalue weighted by molar-refractivity contribution is -0.134. The van der Waals surface area contributed by atoms with Gasteiger partial charge in [0.1, 0.15) is 11.2 Å². The Morgan fingerprint density at radius 1 is 1.19 bits per heavy atom. The van der Waals surface area contributed by atoms with Gasteiger partial charge in [0.15, 0.2) is 0 Å². The number of rotatable bonds is 4. The van der Waals surface area contributed by atoms with E-state index in [4.69, 9.17) is 0 Å². The molecular formula is C19H13N3O3S. The van der Waals surface area contributed by atoms with Gasteiger partial charge in [-0.2, -0.15) is 0 Å². The Hall–Kier alpha value is -3.32. The summed E-state index contributed by atoms with van der Waals surface area (Å²) < 4.78 is 0. The van der Waals surface area contributed by atoms with Crippen molar-refractivity contribution in [3.63, 3.8) is 0 Å². The van der Waals surface area contributed by atoms with Crippen LogP contribution in [0.25, 0.3) is 17.1 Å². The molecule has 7 heteroatoms. The number of carbonyl (C=O) groups excluding carboxylic acids is 1. The van der Waals surface area contributed by atoms with E-state index < -0.39 is 11.8 Å². The maximum absolute atomic E-state index is 12.6. The van der Waals surface area contributed by atoms with Crippen molar-refractivity contribution in [3.05, 3.63) is 75.9 Å². The number of aliphatic carboxylic acids is 1. The number of carboxylic acid groups (broad SMARTS) is 1. The molecule has 0 radical (unpaired) electrons. The van der Waals surface area contributed by atoms with Crippen LogP contribution in [0, 0.1) is 0 Å². The largest absolute Gasteiger partial charge is 0.477 e. The highest BCUT2D eigenvalue weighted by molar-refractivity contribution is 8.08. The molecule has 4 rings (SSSR count). The van der Waals surface area contributed by atoms with Crippen molar-refractivity contribution in [2.24, 2.45) is 0 Å². The highest BCUT2D eigenvalue weighted by Gasteiger charge is 2.34. The summed E-state index contributed by atoms with van der Waals surface area (Å²) in [5.41, 5.74) is 1.97. The zero-order chi connectivity index (χ0) is 18.1. The third kappa shape index (κ3) is 2.89. The Morgan fingerprint density at radius 2 is 2.00 bits per heavy atom. The van der Waals surface area contributed by atoms with Crippen LogP contribution < -0.4 is 5.32 Å². The topological polar surface area (TPSA) is 95.1 Å². The molecule has 3 heterocycles. The Balaban J connectivity index is 1.70. The van der Waals surface area contributed by atoms with Crippen LogP contribution in [0.4, 0.5) is 5.69 Å². The van der Waals surface area contributed by atoms with Crippen molar-refractivity contribution in [1.29, 1.82) is 0 Å². The molecule has 0 aliphatic carbocycles. The van der Waals surface area contributed by atoms with Crippen molar-refractivity contribution in [2.45, 2.75) is 0 Å². The van der Waals surface area contributed by atoms with Crippen LogP contribution in [-0.2, 0) is 9.59 Å². The van der Waals surface area contributed by atoms with Crippen LogP contribution in [0.5, 0.6) is 0 Å². The van der Waals surface area contributed by atoms with Crippen LogP contribution in [0.2, 0.25) is 0 Å². The summed E-state index contributed by atoms with van der Waals surface area (Å²) in [6.45, 7) is 0. The predicted molar refractivity (Wildman–Crippen MR) is 101 cm³/mol. The van der Waals surface area contributed by atoms with Gasteiger partial charge in [-0.3, -0.25) is 4.79 Å². The maximum Gasteiger partial charge on any atom is 0.342 e. The fourth-order valence-electron chi connectivity index (χ4n) is 2.70. The number of nitrogens with zero attached hydrogens (tertiary/aromatic N) is 1. The van der Waals surface area contributed by atoms with E-state index in [0.29, 0.717) is 15.6 Å². The average Bonchev–Trinajstić information content (AvgIpc) is 3.18. The first kappa shape index (κ1) is 16.2. The van der Waals surface area contributed by atoms with Crippen molar-refractivity contribution < 1.29 is 14.7 Å². The van der Waals surface area contributed by atoms with E-state index in [1.54, 1.807) is 18.5 Å². The van der Waals surface area contributed by atoms with E-state index in [-0.39, 0.29) is 5.57 Å². The summed E-state index contributed by atoms with van der Waals surface area (Å²) in [6, 6.07) is 12.9. The van der Waals surface area contributed by atoms with Gasteiger partial charge in [-0.05, 0) is 30.3 Å². The number of allylic oxidation sites excluding steroid dienone is 1. The number of carbonyl (C=O) groups is 2. The number of H-pyrrole nitrogens is 1. The molecule has 0 saturated carbocycles. The number of fused-ring (bicyclic) bond motifs is 1. The number of nitrogens with one attached hydrogen (secondary N) is 2. The zero-order valence-electron chi connectivity index (χ0n) is 13.4. The summed E-state index contributed by atoms with van der Waals surface area (Å²) in [7, 11) is 0. The van der Waals surface area contributed by atoms with Crippen LogP contribution in [-0.4, -0.2) is 26.8 Å². The molecule has 3 aromatic rings. The van der Waals surface area contributed by atoms with E-state index in [2.05, 4.69) is 15.3 Å². The number of pyridine rings is 1. The van der Waals surface area contributed by atoms with E-state index in [0.717, 1.165) is 28.4 Å². The lowest BCUT2D eigenvalue weighted by atomic mass is 10.1. The minimum atomic E-state index is -1.25. The number of aromatic amines is 1. The van der Waals surface area contributed by atoms with Crippen LogP contribution in [0.1, 0.15) is 5.56 Å². The highest BCUT2D eigenvalue weighted by Crippen LogP contribution is 2.40. The first-order chi connectivity index (χ1) is 12.6. The number of hydrogen-bond acceptors (Lipinski definition) is 5. The molecule has 128 valence electrons. The molecule has 3 N–H and O–H groups in total. The third-order valence-electron chi connectivity index (χ3n) is 3.91. The molecule has 0 spiro atoms. The van der Waals surface area contributed by atoms with Gasteiger partial charge in [0, 0.05) is 29.0 Å². The van der Waals surface area contributed by atoms with Crippen LogP contribution in [0.15, 0.2) is 70.4 Å². The number of aromatic nitrogens is 2. The van der Waals surface area contributed by atoms with E-state index in [1.165, 1.54) is 0 Å². The Bertz CT molecular complexity index is 1080. The van der Waals surface area contributed by atoms with Gasteiger partial charge in [0.25, 0.3) is 0 Å². The number of benzene rings is 1. The lowest BCUT2D eigenvalue weighted by Gasteiger charge is -2.06. The molecule has 1 aromatic carbocycles. The van der Waals surface area contributed by atoms with E-state index >= 15 is 0 Å². The number of ketones is 1. The summed E-state index contributed by atoms with van der Waals surface area (Å²) in [6.07, 6.45) is 5.12. The fourth-order valence-corrected chi connectivity index (χ4v) is 3.75. The molecule has 26 heavy (non-hydrogen) atoms. The second-order valence-electron chi connectivity index (χ2n) is 5.58. The highest BCUT2D eigenvalue weighted by atomic mass is 32.2. The van der Waals surface area contributed by atoms with Gasteiger partial charge in [0.2, 0.25) is 5.78 Å². The normalized spacial score (nSPS) is 15.8. The third-order valence-corrected chi connectivity index (χ3v) is 4.94. The standard InChI is InChI=1S/C19H13N3O3S/c23-16-14(9-11-10-21-17-13(11)7-4-8-20-17)26-18(15(16)19(24)25)22-12-5-2-1-3-6-12/h1-10,22H,(H,20,21)(H,24,25). The number of anilines is 1. The average molecular weight is 363 g/mol.